The fourth-order valence-electron chi connectivity index (χ4n) is 1.94. The van der Waals surface area contributed by atoms with E-state index in [-0.39, 0.29) is 6.54 Å². The summed E-state index contributed by atoms with van der Waals surface area (Å²) in [4.78, 5) is 22.4. The van der Waals surface area contributed by atoms with Crippen LogP contribution in [0.3, 0.4) is 0 Å². The van der Waals surface area contributed by atoms with Gasteiger partial charge in [-0.25, -0.2) is 9.59 Å². The van der Waals surface area contributed by atoms with E-state index in [0.29, 0.717) is 12.3 Å². The van der Waals surface area contributed by atoms with E-state index in [1.165, 1.54) is 0 Å². The SMILES string of the molecule is CC(O)(CNC(=O)Nc1ccc2c(c1)CCCO2)C(=O)O. The minimum absolute atomic E-state index is 0.387. The first-order valence-corrected chi connectivity index (χ1v) is 6.65. The van der Waals surface area contributed by atoms with Gasteiger partial charge in [-0.05, 0) is 43.5 Å². The predicted octanol–water partition coefficient (Wildman–Crippen LogP) is 0.969. The zero-order valence-corrected chi connectivity index (χ0v) is 11.7. The van der Waals surface area contributed by atoms with E-state index >= 15 is 0 Å². The van der Waals surface area contributed by atoms with Gasteiger partial charge >= 0.3 is 12.0 Å². The van der Waals surface area contributed by atoms with Gasteiger partial charge in [0.05, 0.1) is 13.2 Å². The van der Waals surface area contributed by atoms with Gasteiger partial charge in [-0.2, -0.15) is 0 Å². The minimum atomic E-state index is -2.00. The van der Waals surface area contributed by atoms with Crippen LogP contribution in [0.5, 0.6) is 5.75 Å². The van der Waals surface area contributed by atoms with Crippen molar-refractivity contribution in [1.82, 2.24) is 5.32 Å². The molecular formula is C14H18N2O5. The van der Waals surface area contributed by atoms with Crippen molar-refractivity contribution in [2.24, 2.45) is 0 Å². The Hall–Kier alpha value is -2.28. The highest BCUT2D eigenvalue weighted by Crippen LogP contribution is 2.27. The summed E-state index contributed by atoms with van der Waals surface area (Å²) in [6.45, 7) is 1.43. The second kappa shape index (κ2) is 6.01. The highest BCUT2D eigenvalue weighted by Gasteiger charge is 2.30. The third-order valence-electron chi connectivity index (χ3n) is 3.22. The maximum Gasteiger partial charge on any atom is 0.337 e. The van der Waals surface area contributed by atoms with E-state index < -0.39 is 17.6 Å². The Morgan fingerprint density at radius 2 is 2.19 bits per heavy atom. The van der Waals surface area contributed by atoms with Crippen LogP contribution in [-0.4, -0.2) is 41.0 Å². The second-order valence-electron chi connectivity index (χ2n) is 5.16. The first kappa shape index (κ1) is 15.1. The van der Waals surface area contributed by atoms with E-state index in [4.69, 9.17) is 9.84 Å². The molecule has 7 heteroatoms. The molecule has 4 N–H and O–H groups in total. The average molecular weight is 294 g/mol. The number of carbonyl (C=O) groups excluding carboxylic acids is 1. The van der Waals surface area contributed by atoms with Crippen LogP contribution in [0.4, 0.5) is 10.5 Å². The molecular weight excluding hydrogens is 276 g/mol. The van der Waals surface area contributed by atoms with Crippen molar-refractivity contribution >= 4 is 17.7 Å². The molecule has 1 aromatic rings. The summed E-state index contributed by atoms with van der Waals surface area (Å²) in [6, 6.07) is 4.74. The summed E-state index contributed by atoms with van der Waals surface area (Å²) >= 11 is 0. The Morgan fingerprint density at radius 3 is 2.90 bits per heavy atom. The zero-order chi connectivity index (χ0) is 15.5. The van der Waals surface area contributed by atoms with Gasteiger partial charge in [0.1, 0.15) is 5.75 Å². The molecule has 0 radical (unpaired) electrons. The monoisotopic (exact) mass is 294 g/mol. The fourth-order valence-corrected chi connectivity index (χ4v) is 1.94. The summed E-state index contributed by atoms with van der Waals surface area (Å²) in [5.41, 5.74) is -0.385. The van der Waals surface area contributed by atoms with Crippen LogP contribution in [0.15, 0.2) is 18.2 Å². The zero-order valence-electron chi connectivity index (χ0n) is 11.7. The number of carboxylic acids is 1. The van der Waals surface area contributed by atoms with Crippen LogP contribution < -0.4 is 15.4 Å². The molecule has 1 aliphatic rings. The standard InChI is InChI=1S/C14H18N2O5/c1-14(20,12(17)18)8-15-13(19)16-10-4-5-11-9(7-10)3-2-6-21-11/h4-5,7,20H,2-3,6,8H2,1H3,(H,17,18)(H2,15,16,19). The van der Waals surface area contributed by atoms with Gasteiger partial charge in [0.15, 0.2) is 5.60 Å². The van der Waals surface area contributed by atoms with Crippen molar-refractivity contribution in [2.75, 3.05) is 18.5 Å². The highest BCUT2D eigenvalue weighted by molar-refractivity contribution is 5.90. The molecule has 0 spiro atoms. The molecule has 1 heterocycles. The van der Waals surface area contributed by atoms with Crippen LogP contribution in [0.1, 0.15) is 18.9 Å². The molecule has 21 heavy (non-hydrogen) atoms. The van der Waals surface area contributed by atoms with Gasteiger partial charge in [0.25, 0.3) is 0 Å². The molecule has 0 saturated carbocycles. The molecule has 1 aliphatic heterocycles. The van der Waals surface area contributed by atoms with E-state index in [1.54, 1.807) is 12.1 Å². The molecule has 1 unspecified atom stereocenters. The number of rotatable bonds is 4. The molecule has 0 bridgehead atoms. The lowest BCUT2D eigenvalue weighted by Crippen LogP contribution is -2.47. The summed E-state index contributed by atoms with van der Waals surface area (Å²) in [5, 5.41) is 23.2. The summed E-state index contributed by atoms with van der Waals surface area (Å²) in [7, 11) is 0. The predicted molar refractivity (Wildman–Crippen MR) is 75.5 cm³/mol. The minimum Gasteiger partial charge on any atom is -0.493 e. The van der Waals surface area contributed by atoms with E-state index in [1.807, 2.05) is 6.07 Å². The van der Waals surface area contributed by atoms with Crippen molar-refractivity contribution in [1.29, 1.82) is 0 Å². The summed E-state index contributed by atoms with van der Waals surface area (Å²) in [5.74, 6) is -0.574. The number of nitrogens with one attached hydrogen (secondary N) is 2. The largest absolute Gasteiger partial charge is 0.493 e. The number of hydrogen-bond acceptors (Lipinski definition) is 4. The number of ether oxygens (including phenoxy) is 1. The van der Waals surface area contributed by atoms with Gasteiger partial charge in [-0.1, -0.05) is 0 Å². The number of aryl methyl sites for hydroxylation is 1. The summed E-state index contributed by atoms with van der Waals surface area (Å²) in [6.07, 6.45) is 1.82. The maximum atomic E-state index is 11.7. The van der Waals surface area contributed by atoms with Gasteiger partial charge < -0.3 is 25.6 Å². The number of benzene rings is 1. The van der Waals surface area contributed by atoms with Crippen LogP contribution in [0.2, 0.25) is 0 Å². The number of fused-ring (bicyclic) bond motifs is 1. The number of aliphatic carboxylic acids is 1. The number of amides is 2. The number of hydrogen-bond donors (Lipinski definition) is 4. The molecule has 114 valence electrons. The van der Waals surface area contributed by atoms with Crippen molar-refractivity contribution < 1.29 is 24.5 Å². The third kappa shape index (κ3) is 3.85. The number of aliphatic hydroxyl groups is 1. The fraction of sp³-hybridized carbons (Fsp3) is 0.429. The Morgan fingerprint density at radius 1 is 1.43 bits per heavy atom. The van der Waals surface area contributed by atoms with Crippen molar-refractivity contribution in [2.45, 2.75) is 25.4 Å². The first-order valence-electron chi connectivity index (χ1n) is 6.65. The average Bonchev–Trinajstić information content (AvgIpc) is 2.45. The molecule has 0 saturated heterocycles. The van der Waals surface area contributed by atoms with Crippen LogP contribution in [-0.2, 0) is 11.2 Å². The Labute approximate surface area is 121 Å². The molecule has 0 fully saturated rings. The summed E-state index contributed by atoms with van der Waals surface area (Å²) < 4.78 is 5.48. The van der Waals surface area contributed by atoms with Crippen LogP contribution >= 0.6 is 0 Å². The lowest BCUT2D eigenvalue weighted by atomic mass is 10.1. The quantitative estimate of drug-likeness (QED) is 0.662. The third-order valence-corrected chi connectivity index (χ3v) is 3.22. The molecule has 7 nitrogen and oxygen atoms in total. The number of anilines is 1. The number of carbonyl (C=O) groups is 2. The number of carboxylic acid groups (broad SMARTS) is 1. The molecule has 1 aromatic carbocycles. The van der Waals surface area contributed by atoms with Gasteiger partial charge in [-0.15, -0.1) is 0 Å². The Bertz CT molecular complexity index is 556. The lowest BCUT2D eigenvalue weighted by Gasteiger charge is -2.20. The van der Waals surface area contributed by atoms with Gasteiger partial charge in [0, 0.05) is 5.69 Å². The highest BCUT2D eigenvalue weighted by atomic mass is 16.5. The molecule has 0 aromatic heterocycles. The molecule has 1 atom stereocenters. The number of urea groups is 1. The van der Waals surface area contributed by atoms with E-state index in [2.05, 4.69) is 10.6 Å². The van der Waals surface area contributed by atoms with Crippen molar-refractivity contribution in [3.63, 3.8) is 0 Å². The topological polar surface area (TPSA) is 108 Å². The molecule has 2 rings (SSSR count). The van der Waals surface area contributed by atoms with Gasteiger partial charge in [-0.3, -0.25) is 0 Å². The molecule has 2 amide bonds. The van der Waals surface area contributed by atoms with Gasteiger partial charge in [0.2, 0.25) is 0 Å². The first-order chi connectivity index (χ1) is 9.88. The lowest BCUT2D eigenvalue weighted by molar-refractivity contribution is -0.155. The van der Waals surface area contributed by atoms with E-state index in [9.17, 15) is 14.7 Å². The van der Waals surface area contributed by atoms with Crippen molar-refractivity contribution in [3.05, 3.63) is 23.8 Å². The van der Waals surface area contributed by atoms with Crippen LogP contribution in [0.25, 0.3) is 0 Å². The normalized spacial score (nSPS) is 16.1. The Kier molecular flexibility index (Phi) is 4.32. The smallest absolute Gasteiger partial charge is 0.337 e. The van der Waals surface area contributed by atoms with Crippen molar-refractivity contribution in [3.8, 4) is 5.75 Å². The molecule has 0 aliphatic carbocycles. The second-order valence-corrected chi connectivity index (χ2v) is 5.16. The van der Waals surface area contributed by atoms with Crippen LogP contribution in [0, 0.1) is 0 Å². The maximum absolute atomic E-state index is 11.7. The van der Waals surface area contributed by atoms with E-state index in [0.717, 1.165) is 31.1 Å². The Balaban J connectivity index is 1.92.